The second kappa shape index (κ2) is 8.16. The summed E-state index contributed by atoms with van der Waals surface area (Å²) >= 11 is 0. The Morgan fingerprint density at radius 3 is 2.68 bits per heavy atom. The maximum absolute atomic E-state index is 4.38. The first-order valence-corrected chi connectivity index (χ1v) is 7.46. The van der Waals surface area contributed by atoms with Crippen LogP contribution in [0.4, 0.5) is 0 Å². The van der Waals surface area contributed by atoms with Gasteiger partial charge in [-0.15, -0.1) is 0 Å². The van der Waals surface area contributed by atoms with Crippen molar-refractivity contribution >= 4 is 6.08 Å². The molecule has 0 aromatic carbocycles. The predicted molar refractivity (Wildman–Crippen MR) is 83.0 cm³/mol. The molecule has 1 rings (SSSR count). The normalized spacial score (nSPS) is 12.7. The molecule has 19 heavy (non-hydrogen) atoms. The number of aromatic nitrogens is 2. The summed E-state index contributed by atoms with van der Waals surface area (Å²) in [5.41, 5.74) is 2.65. The van der Waals surface area contributed by atoms with Crippen molar-refractivity contribution in [3.05, 3.63) is 23.5 Å². The maximum atomic E-state index is 4.38. The number of rotatable bonds is 8. The minimum absolute atomic E-state index is 0.564. The summed E-state index contributed by atoms with van der Waals surface area (Å²) in [5.74, 6) is 1.26. The molecular weight excluding hydrogens is 234 g/mol. The molecule has 0 aliphatic rings. The molecule has 1 heterocycles. The highest BCUT2D eigenvalue weighted by molar-refractivity contribution is 5.51. The molecule has 0 amide bonds. The van der Waals surface area contributed by atoms with Crippen molar-refractivity contribution in [2.24, 2.45) is 11.8 Å². The highest BCUT2D eigenvalue weighted by Gasteiger charge is 2.05. The summed E-state index contributed by atoms with van der Waals surface area (Å²) in [5, 5.41) is 7.90. The zero-order valence-corrected chi connectivity index (χ0v) is 13.1. The first kappa shape index (κ1) is 16.0. The third kappa shape index (κ3) is 6.06. The van der Waals surface area contributed by atoms with E-state index in [0.29, 0.717) is 11.8 Å². The summed E-state index contributed by atoms with van der Waals surface area (Å²) in [7, 11) is 0. The van der Waals surface area contributed by atoms with Crippen LogP contribution in [-0.4, -0.2) is 22.9 Å². The van der Waals surface area contributed by atoms with Gasteiger partial charge in [0, 0.05) is 24.8 Å². The molecule has 108 valence electrons. The van der Waals surface area contributed by atoms with E-state index < -0.39 is 0 Å². The lowest BCUT2D eigenvalue weighted by Gasteiger charge is -2.13. The molecule has 3 nitrogen and oxygen atoms in total. The minimum atomic E-state index is 0.564. The fraction of sp³-hybridized carbons (Fsp3) is 0.688. The molecule has 0 saturated carbocycles. The van der Waals surface area contributed by atoms with Crippen molar-refractivity contribution < 1.29 is 0 Å². The van der Waals surface area contributed by atoms with Crippen LogP contribution in [0.3, 0.4) is 0 Å². The molecule has 0 aliphatic carbocycles. The van der Waals surface area contributed by atoms with Gasteiger partial charge in [0.25, 0.3) is 0 Å². The van der Waals surface area contributed by atoms with Crippen molar-refractivity contribution in [2.45, 2.75) is 47.6 Å². The molecule has 0 aliphatic heterocycles. The number of aryl methyl sites for hydroxylation is 1. The van der Waals surface area contributed by atoms with Crippen molar-refractivity contribution in [3.63, 3.8) is 0 Å². The molecule has 0 atom stereocenters. The first-order valence-electron chi connectivity index (χ1n) is 7.46. The zero-order chi connectivity index (χ0) is 14.3. The van der Waals surface area contributed by atoms with Gasteiger partial charge in [-0.3, -0.25) is 4.68 Å². The van der Waals surface area contributed by atoms with Crippen molar-refractivity contribution in [1.82, 2.24) is 15.1 Å². The van der Waals surface area contributed by atoms with Crippen LogP contribution >= 0.6 is 0 Å². The topological polar surface area (TPSA) is 29.9 Å². The predicted octanol–water partition coefficient (Wildman–Crippen LogP) is 3.58. The summed E-state index contributed by atoms with van der Waals surface area (Å²) in [6, 6.07) is 0. The van der Waals surface area contributed by atoms with Gasteiger partial charge in [0.05, 0.1) is 6.20 Å². The lowest BCUT2D eigenvalue weighted by Crippen LogP contribution is -2.23. The van der Waals surface area contributed by atoms with E-state index in [1.807, 2.05) is 10.9 Å². The largest absolute Gasteiger partial charge is 0.313 e. The molecule has 0 unspecified atom stereocenters. The van der Waals surface area contributed by atoms with Gasteiger partial charge in [-0.1, -0.05) is 46.3 Å². The van der Waals surface area contributed by atoms with Crippen molar-refractivity contribution in [3.8, 4) is 0 Å². The van der Waals surface area contributed by atoms with Gasteiger partial charge in [0.1, 0.15) is 0 Å². The summed E-state index contributed by atoms with van der Waals surface area (Å²) in [6.45, 7) is 14.2. The van der Waals surface area contributed by atoms with E-state index in [1.165, 1.54) is 11.1 Å². The number of nitrogens with zero attached hydrogens (tertiary/aromatic N) is 2. The van der Waals surface area contributed by atoms with E-state index in [-0.39, 0.29) is 0 Å². The average Bonchev–Trinajstić information content (AvgIpc) is 2.75. The molecule has 1 aromatic heterocycles. The second-order valence-corrected chi connectivity index (χ2v) is 5.94. The fourth-order valence-electron chi connectivity index (χ4n) is 1.95. The van der Waals surface area contributed by atoms with E-state index in [1.54, 1.807) is 0 Å². The molecule has 0 spiro atoms. The van der Waals surface area contributed by atoms with Gasteiger partial charge in [0.2, 0.25) is 0 Å². The van der Waals surface area contributed by atoms with Gasteiger partial charge in [0.15, 0.2) is 0 Å². The SMILES string of the molecule is CCCn1cc(/C=C(/CNCC(C)C)C(C)C)cn1. The Bertz CT molecular complexity index is 388. The van der Waals surface area contributed by atoms with Crippen LogP contribution in [0.2, 0.25) is 0 Å². The van der Waals surface area contributed by atoms with Crippen LogP contribution in [0.25, 0.3) is 6.08 Å². The van der Waals surface area contributed by atoms with Gasteiger partial charge >= 0.3 is 0 Å². The molecule has 0 bridgehead atoms. The molecule has 3 heteroatoms. The third-order valence-electron chi connectivity index (χ3n) is 3.08. The Balaban J connectivity index is 2.65. The summed E-state index contributed by atoms with van der Waals surface area (Å²) in [4.78, 5) is 0. The number of hydrogen-bond donors (Lipinski definition) is 1. The zero-order valence-electron chi connectivity index (χ0n) is 13.1. The Morgan fingerprint density at radius 1 is 1.37 bits per heavy atom. The third-order valence-corrected chi connectivity index (χ3v) is 3.08. The molecule has 0 fully saturated rings. The number of nitrogens with one attached hydrogen (secondary N) is 1. The summed E-state index contributed by atoms with van der Waals surface area (Å²) in [6.07, 6.45) is 7.49. The van der Waals surface area contributed by atoms with E-state index in [2.05, 4.69) is 57.3 Å². The standard InChI is InChI=1S/C16H29N3/c1-6-7-19-12-15(10-18-19)8-16(14(4)5)11-17-9-13(2)3/h8,10,12-14,17H,6-7,9,11H2,1-5H3/b16-8-. The van der Waals surface area contributed by atoms with Crippen LogP contribution in [-0.2, 0) is 6.54 Å². The van der Waals surface area contributed by atoms with E-state index >= 15 is 0 Å². The number of hydrogen-bond acceptors (Lipinski definition) is 2. The van der Waals surface area contributed by atoms with Crippen LogP contribution in [0.1, 0.15) is 46.6 Å². The first-order chi connectivity index (χ1) is 9.02. The highest BCUT2D eigenvalue weighted by atomic mass is 15.3. The highest BCUT2D eigenvalue weighted by Crippen LogP contribution is 2.14. The van der Waals surface area contributed by atoms with E-state index in [9.17, 15) is 0 Å². The Labute approximate surface area is 118 Å². The molecule has 0 radical (unpaired) electrons. The summed E-state index contributed by atoms with van der Waals surface area (Å²) < 4.78 is 2.02. The quantitative estimate of drug-likeness (QED) is 0.777. The van der Waals surface area contributed by atoms with Crippen LogP contribution in [0, 0.1) is 11.8 Å². The molecule has 1 N–H and O–H groups in total. The van der Waals surface area contributed by atoms with Crippen LogP contribution in [0.15, 0.2) is 18.0 Å². The second-order valence-electron chi connectivity index (χ2n) is 5.94. The van der Waals surface area contributed by atoms with Crippen molar-refractivity contribution in [1.29, 1.82) is 0 Å². The molecule has 1 aromatic rings. The minimum Gasteiger partial charge on any atom is -0.313 e. The molecule has 0 saturated heterocycles. The van der Waals surface area contributed by atoms with Gasteiger partial charge in [-0.05, 0) is 24.8 Å². The van der Waals surface area contributed by atoms with Crippen LogP contribution < -0.4 is 5.32 Å². The van der Waals surface area contributed by atoms with Gasteiger partial charge in [-0.2, -0.15) is 5.10 Å². The lowest BCUT2D eigenvalue weighted by molar-refractivity contribution is 0.558. The Morgan fingerprint density at radius 2 is 2.11 bits per heavy atom. The van der Waals surface area contributed by atoms with Crippen LogP contribution in [0.5, 0.6) is 0 Å². The van der Waals surface area contributed by atoms with Gasteiger partial charge < -0.3 is 5.32 Å². The monoisotopic (exact) mass is 263 g/mol. The van der Waals surface area contributed by atoms with Crippen molar-refractivity contribution in [2.75, 3.05) is 13.1 Å². The average molecular weight is 263 g/mol. The maximum Gasteiger partial charge on any atom is 0.0562 e. The molecular formula is C16H29N3. The van der Waals surface area contributed by atoms with E-state index in [4.69, 9.17) is 0 Å². The Hall–Kier alpha value is -1.09. The fourth-order valence-corrected chi connectivity index (χ4v) is 1.95. The lowest BCUT2D eigenvalue weighted by atomic mass is 10.0. The smallest absolute Gasteiger partial charge is 0.0562 e. The van der Waals surface area contributed by atoms with Gasteiger partial charge in [-0.25, -0.2) is 0 Å². The Kier molecular flexibility index (Phi) is 6.85. The van der Waals surface area contributed by atoms with E-state index in [0.717, 1.165) is 26.1 Å².